The van der Waals surface area contributed by atoms with Gasteiger partial charge >= 0.3 is 11.9 Å². The summed E-state index contributed by atoms with van der Waals surface area (Å²) in [6.45, 7) is 24.0. The van der Waals surface area contributed by atoms with Crippen molar-refractivity contribution in [1.29, 1.82) is 0 Å². The number of amides is 4. The second-order valence-corrected chi connectivity index (χ2v) is 17.5. The Bertz CT molecular complexity index is 1310. The molecular formula is C39H66N2O14. The minimum absolute atomic E-state index is 0.0159. The molecule has 0 aromatic carbocycles. The summed E-state index contributed by atoms with van der Waals surface area (Å²) in [5.74, 6) is -3.65. The van der Waals surface area contributed by atoms with Crippen LogP contribution >= 0.6 is 0 Å². The van der Waals surface area contributed by atoms with E-state index in [0.29, 0.717) is 36.0 Å². The molecule has 55 heavy (non-hydrogen) atoms. The Kier molecular flexibility index (Phi) is 17.9. The van der Waals surface area contributed by atoms with Crippen molar-refractivity contribution in [1.82, 2.24) is 10.1 Å². The quantitative estimate of drug-likeness (QED) is 0.108. The number of hydrogen-bond donors (Lipinski definition) is 0. The molecule has 2 rings (SSSR count). The lowest BCUT2D eigenvalue weighted by molar-refractivity contribution is -0.201. The van der Waals surface area contributed by atoms with Gasteiger partial charge in [-0.15, -0.1) is 10.1 Å². The Balaban J connectivity index is 1.95. The van der Waals surface area contributed by atoms with Crippen LogP contribution in [0.2, 0.25) is 0 Å². The predicted octanol–water partition coefficient (Wildman–Crippen LogP) is 4.92. The summed E-state index contributed by atoms with van der Waals surface area (Å²) >= 11 is 0. The van der Waals surface area contributed by atoms with E-state index in [4.69, 9.17) is 38.1 Å². The van der Waals surface area contributed by atoms with Gasteiger partial charge in [0, 0.05) is 32.3 Å². The van der Waals surface area contributed by atoms with E-state index in [1.165, 1.54) is 0 Å². The Morgan fingerprint density at radius 3 is 1.24 bits per heavy atom. The zero-order valence-corrected chi connectivity index (χ0v) is 35.2. The van der Waals surface area contributed by atoms with Crippen molar-refractivity contribution in [3.63, 3.8) is 0 Å². The predicted molar refractivity (Wildman–Crippen MR) is 198 cm³/mol. The van der Waals surface area contributed by atoms with Gasteiger partial charge < -0.3 is 38.1 Å². The van der Waals surface area contributed by atoms with Gasteiger partial charge in [0.1, 0.15) is 6.10 Å². The minimum Gasteiger partial charge on any atom is -0.379 e. The number of hydroxylamine groups is 4. The third-order valence-corrected chi connectivity index (χ3v) is 8.89. The lowest BCUT2D eigenvalue weighted by atomic mass is 10.0. The summed E-state index contributed by atoms with van der Waals surface area (Å²) in [5, 5.41) is 1.05. The largest absolute Gasteiger partial charge is 0.379 e. The zero-order chi connectivity index (χ0) is 41.8. The van der Waals surface area contributed by atoms with Gasteiger partial charge in [0.2, 0.25) is 0 Å². The molecule has 2 aliphatic rings. The molecule has 4 amide bonds. The van der Waals surface area contributed by atoms with Crippen LogP contribution in [0.3, 0.4) is 0 Å². The molecule has 0 aromatic rings. The van der Waals surface area contributed by atoms with Gasteiger partial charge in [0.05, 0.1) is 73.4 Å². The van der Waals surface area contributed by atoms with Crippen LogP contribution in [0.1, 0.15) is 141 Å². The van der Waals surface area contributed by atoms with Gasteiger partial charge in [-0.1, -0.05) is 0 Å². The lowest BCUT2D eigenvalue weighted by Gasteiger charge is -2.36. The Hall–Kier alpha value is -3.02. The van der Waals surface area contributed by atoms with Crippen LogP contribution in [0.15, 0.2) is 0 Å². The number of rotatable bonds is 26. The van der Waals surface area contributed by atoms with Crippen LogP contribution in [0.25, 0.3) is 0 Å². The first-order valence-electron chi connectivity index (χ1n) is 19.2. The van der Waals surface area contributed by atoms with Crippen molar-refractivity contribution < 1.29 is 66.9 Å². The van der Waals surface area contributed by atoms with Gasteiger partial charge in [-0.25, -0.2) is 9.59 Å². The molecular weight excluding hydrogens is 720 g/mol. The fraction of sp³-hybridized carbons (Fsp3) is 0.846. The molecule has 16 nitrogen and oxygen atoms in total. The Morgan fingerprint density at radius 1 is 0.527 bits per heavy atom. The van der Waals surface area contributed by atoms with Crippen molar-refractivity contribution in [2.24, 2.45) is 0 Å². The highest BCUT2D eigenvalue weighted by atomic mass is 16.7. The van der Waals surface area contributed by atoms with Crippen molar-refractivity contribution in [3.8, 4) is 0 Å². The number of nitrogens with zero attached hydrogens (tertiary/aromatic N) is 2. The maximum atomic E-state index is 12.5. The fourth-order valence-electron chi connectivity index (χ4n) is 5.48. The van der Waals surface area contributed by atoms with Crippen molar-refractivity contribution >= 4 is 35.6 Å². The van der Waals surface area contributed by atoms with E-state index in [-0.39, 0.29) is 71.1 Å². The molecule has 0 radical (unpaired) electrons. The number of hydrogen-bond acceptors (Lipinski definition) is 14. The summed E-state index contributed by atoms with van der Waals surface area (Å²) in [4.78, 5) is 82.2. The average Bonchev–Trinajstić information content (AvgIpc) is 3.51. The summed E-state index contributed by atoms with van der Waals surface area (Å²) in [5.41, 5.74) is -3.75. The second kappa shape index (κ2) is 20.4. The standard InChI is InChI=1S/C39H66N2O14/c1-27(2)48-20-17-35(3,4)51-25-28(53-37(7,8)19-22-50-39(11,12)24-34(47)55-41-31(44)15-16-32(41)45)26-52-36(5,6)18-21-49-38(9,10)23-33(46)54-40-29(42)13-14-30(40)43/h27-28H,13-26H2,1-12H3. The van der Waals surface area contributed by atoms with Gasteiger partial charge in [-0.2, -0.15) is 0 Å². The maximum Gasteiger partial charge on any atom is 0.336 e. The van der Waals surface area contributed by atoms with Gasteiger partial charge in [0.25, 0.3) is 23.6 Å². The van der Waals surface area contributed by atoms with Crippen molar-refractivity contribution in [3.05, 3.63) is 0 Å². The van der Waals surface area contributed by atoms with Crippen molar-refractivity contribution in [2.45, 2.75) is 181 Å². The molecule has 0 aliphatic carbocycles. The van der Waals surface area contributed by atoms with E-state index in [9.17, 15) is 28.8 Å². The third-order valence-electron chi connectivity index (χ3n) is 8.89. The maximum absolute atomic E-state index is 12.5. The van der Waals surface area contributed by atoms with E-state index in [1.54, 1.807) is 27.7 Å². The molecule has 0 spiro atoms. The molecule has 0 saturated carbocycles. The highest BCUT2D eigenvalue weighted by Gasteiger charge is 2.37. The van der Waals surface area contributed by atoms with E-state index in [0.717, 1.165) is 0 Å². The van der Waals surface area contributed by atoms with Crippen LogP contribution in [0.4, 0.5) is 0 Å². The van der Waals surface area contributed by atoms with E-state index in [1.807, 2.05) is 55.4 Å². The zero-order valence-electron chi connectivity index (χ0n) is 35.2. The van der Waals surface area contributed by atoms with Gasteiger partial charge in [0.15, 0.2) is 0 Å². The Labute approximate surface area is 326 Å². The SMILES string of the molecule is CC(C)OCCC(C)(C)OCC(COC(C)(C)CCOC(C)(C)CC(=O)ON1C(=O)CCC1=O)OC(C)(C)CCOC(C)(C)CC(=O)ON1C(=O)CCC1=O. The molecule has 316 valence electrons. The summed E-state index contributed by atoms with van der Waals surface area (Å²) in [7, 11) is 0. The third kappa shape index (κ3) is 18.7. The number of ether oxygens (including phenoxy) is 6. The summed E-state index contributed by atoms with van der Waals surface area (Å²) in [6, 6.07) is 0. The van der Waals surface area contributed by atoms with E-state index >= 15 is 0 Å². The molecule has 0 bridgehead atoms. The topological polar surface area (TPSA) is 183 Å². The molecule has 2 heterocycles. The normalized spacial score (nSPS) is 16.8. The van der Waals surface area contributed by atoms with Gasteiger partial charge in [-0.05, 0) is 102 Å². The number of carbonyl (C=O) groups excluding carboxylic acids is 6. The fourth-order valence-corrected chi connectivity index (χ4v) is 5.48. The monoisotopic (exact) mass is 786 g/mol. The van der Waals surface area contributed by atoms with Crippen LogP contribution in [0.5, 0.6) is 0 Å². The Morgan fingerprint density at radius 2 is 0.873 bits per heavy atom. The van der Waals surface area contributed by atoms with Crippen molar-refractivity contribution in [2.75, 3.05) is 33.0 Å². The minimum atomic E-state index is -0.945. The molecule has 0 aromatic heterocycles. The molecule has 1 unspecified atom stereocenters. The lowest BCUT2D eigenvalue weighted by Crippen LogP contribution is -2.42. The smallest absolute Gasteiger partial charge is 0.336 e. The molecule has 2 fully saturated rings. The molecule has 2 saturated heterocycles. The molecule has 0 N–H and O–H groups in total. The summed E-state index contributed by atoms with van der Waals surface area (Å²) in [6.07, 6.45) is 0.932. The highest BCUT2D eigenvalue weighted by Crippen LogP contribution is 2.26. The second-order valence-electron chi connectivity index (χ2n) is 17.5. The van der Waals surface area contributed by atoms with E-state index < -0.39 is 69.7 Å². The molecule has 1 atom stereocenters. The highest BCUT2D eigenvalue weighted by molar-refractivity contribution is 6.02. The average molecular weight is 787 g/mol. The summed E-state index contributed by atoms with van der Waals surface area (Å²) < 4.78 is 37.1. The first-order chi connectivity index (χ1) is 25.2. The first-order valence-corrected chi connectivity index (χ1v) is 19.2. The van der Waals surface area contributed by atoms with Crippen LogP contribution < -0.4 is 0 Å². The number of imide groups is 2. The van der Waals surface area contributed by atoms with Crippen LogP contribution in [-0.2, 0) is 66.9 Å². The van der Waals surface area contributed by atoms with Crippen LogP contribution in [-0.4, -0.2) is 119 Å². The van der Waals surface area contributed by atoms with Crippen LogP contribution in [0, 0.1) is 0 Å². The number of carbonyl (C=O) groups is 6. The van der Waals surface area contributed by atoms with Gasteiger partial charge in [-0.3, -0.25) is 19.2 Å². The molecule has 16 heteroatoms. The first kappa shape index (κ1) is 48.1. The van der Waals surface area contributed by atoms with E-state index in [2.05, 4.69) is 0 Å². The molecule has 2 aliphatic heterocycles.